The molecule has 4 nitrogen and oxygen atoms in total. The molecule has 1 aromatic rings. The summed E-state index contributed by atoms with van der Waals surface area (Å²) in [6.07, 6.45) is 1.05. The number of amides is 2. The molecule has 0 spiro atoms. The lowest BCUT2D eigenvalue weighted by molar-refractivity contribution is -0.128. The molecule has 1 fully saturated rings. The Labute approximate surface area is 132 Å². The first kappa shape index (κ1) is 16.5. The average molecular weight is 302 g/mol. The Hall–Kier alpha value is -1.84. The van der Waals surface area contributed by atoms with Crippen molar-refractivity contribution in [2.45, 2.75) is 40.2 Å². The van der Waals surface area contributed by atoms with Crippen molar-refractivity contribution < 1.29 is 9.59 Å². The highest BCUT2D eigenvalue weighted by atomic mass is 16.2. The van der Waals surface area contributed by atoms with E-state index in [1.807, 2.05) is 56.0 Å². The van der Waals surface area contributed by atoms with E-state index in [9.17, 15) is 9.59 Å². The van der Waals surface area contributed by atoms with Gasteiger partial charge < -0.3 is 10.2 Å². The second-order valence-electron chi connectivity index (χ2n) is 7.37. The van der Waals surface area contributed by atoms with E-state index >= 15 is 0 Å². The van der Waals surface area contributed by atoms with Gasteiger partial charge in [-0.3, -0.25) is 9.59 Å². The monoisotopic (exact) mass is 302 g/mol. The van der Waals surface area contributed by atoms with Crippen LogP contribution in [0, 0.1) is 11.3 Å². The second-order valence-corrected chi connectivity index (χ2v) is 7.37. The highest BCUT2D eigenvalue weighted by Gasteiger charge is 2.29. The molecule has 0 bridgehead atoms. The quantitative estimate of drug-likeness (QED) is 0.909. The maximum atomic E-state index is 12.1. The third-order valence-electron chi connectivity index (χ3n) is 3.79. The molecular formula is C18H26N2O2. The van der Waals surface area contributed by atoms with Gasteiger partial charge >= 0.3 is 0 Å². The third-order valence-corrected chi connectivity index (χ3v) is 3.79. The van der Waals surface area contributed by atoms with Gasteiger partial charge in [0.05, 0.1) is 0 Å². The Morgan fingerprint density at radius 1 is 1.27 bits per heavy atom. The van der Waals surface area contributed by atoms with E-state index in [1.54, 1.807) is 0 Å². The zero-order valence-corrected chi connectivity index (χ0v) is 13.8. The standard InChI is InChI=1S/C18H26N2O2/c1-18(2,3)10-16(21)19-11-15-9-17(22)20(13-15)12-14-7-5-4-6-8-14/h4-8,15H,9-13H2,1-3H3,(H,19,21). The lowest BCUT2D eigenvalue weighted by Gasteiger charge is -2.19. The van der Waals surface area contributed by atoms with Crippen LogP contribution in [0.5, 0.6) is 0 Å². The van der Waals surface area contributed by atoms with Crippen molar-refractivity contribution in [3.8, 4) is 0 Å². The summed E-state index contributed by atoms with van der Waals surface area (Å²) < 4.78 is 0. The van der Waals surface area contributed by atoms with Crippen molar-refractivity contribution in [3.05, 3.63) is 35.9 Å². The van der Waals surface area contributed by atoms with Gasteiger partial charge in [0.15, 0.2) is 0 Å². The van der Waals surface area contributed by atoms with Gasteiger partial charge in [-0.25, -0.2) is 0 Å². The molecule has 4 heteroatoms. The van der Waals surface area contributed by atoms with Crippen LogP contribution in [0.4, 0.5) is 0 Å². The van der Waals surface area contributed by atoms with Crippen LogP contribution in [0.1, 0.15) is 39.2 Å². The molecule has 1 unspecified atom stereocenters. The highest BCUT2D eigenvalue weighted by molar-refractivity contribution is 5.79. The zero-order chi connectivity index (χ0) is 16.2. The summed E-state index contributed by atoms with van der Waals surface area (Å²) in [6, 6.07) is 10.0. The Bertz CT molecular complexity index is 520. The topological polar surface area (TPSA) is 49.4 Å². The van der Waals surface area contributed by atoms with E-state index in [-0.39, 0.29) is 23.1 Å². The molecule has 2 amide bonds. The Balaban J connectivity index is 1.79. The molecule has 0 radical (unpaired) electrons. The van der Waals surface area contributed by atoms with Gasteiger partial charge in [-0.05, 0) is 11.0 Å². The summed E-state index contributed by atoms with van der Waals surface area (Å²) in [5.41, 5.74) is 1.14. The van der Waals surface area contributed by atoms with Crippen LogP contribution in [0.25, 0.3) is 0 Å². The predicted molar refractivity (Wildman–Crippen MR) is 87.0 cm³/mol. The Morgan fingerprint density at radius 3 is 2.59 bits per heavy atom. The van der Waals surface area contributed by atoms with Crippen molar-refractivity contribution in [2.75, 3.05) is 13.1 Å². The molecular weight excluding hydrogens is 276 g/mol. The summed E-state index contributed by atoms with van der Waals surface area (Å²) in [7, 11) is 0. The van der Waals surface area contributed by atoms with E-state index in [2.05, 4.69) is 5.32 Å². The molecule has 1 aliphatic rings. The van der Waals surface area contributed by atoms with Crippen LogP contribution in [0.2, 0.25) is 0 Å². The van der Waals surface area contributed by atoms with Gasteiger partial charge in [-0.2, -0.15) is 0 Å². The summed E-state index contributed by atoms with van der Waals surface area (Å²) >= 11 is 0. The zero-order valence-electron chi connectivity index (χ0n) is 13.8. The molecule has 0 saturated carbocycles. The maximum absolute atomic E-state index is 12.1. The van der Waals surface area contributed by atoms with Crippen molar-refractivity contribution in [1.29, 1.82) is 0 Å². The second kappa shape index (κ2) is 6.95. The Morgan fingerprint density at radius 2 is 1.95 bits per heavy atom. The number of hydrogen-bond acceptors (Lipinski definition) is 2. The molecule has 0 aromatic heterocycles. The molecule has 22 heavy (non-hydrogen) atoms. The molecule has 1 saturated heterocycles. The van der Waals surface area contributed by atoms with Gasteiger partial charge in [0.25, 0.3) is 0 Å². The molecule has 1 heterocycles. The maximum Gasteiger partial charge on any atom is 0.223 e. The fraction of sp³-hybridized carbons (Fsp3) is 0.556. The number of carbonyl (C=O) groups excluding carboxylic acids is 2. The van der Waals surface area contributed by atoms with Gasteiger partial charge in [-0.15, -0.1) is 0 Å². The van der Waals surface area contributed by atoms with Crippen LogP contribution < -0.4 is 5.32 Å². The SMILES string of the molecule is CC(C)(C)CC(=O)NCC1CC(=O)N(Cc2ccccc2)C1. The van der Waals surface area contributed by atoms with Gasteiger partial charge in [0.1, 0.15) is 0 Å². The number of benzene rings is 1. The molecule has 0 aliphatic carbocycles. The molecule has 1 aliphatic heterocycles. The smallest absolute Gasteiger partial charge is 0.223 e. The van der Waals surface area contributed by atoms with E-state index in [4.69, 9.17) is 0 Å². The van der Waals surface area contributed by atoms with Crippen LogP contribution in [-0.4, -0.2) is 29.8 Å². The van der Waals surface area contributed by atoms with Crippen LogP contribution >= 0.6 is 0 Å². The van der Waals surface area contributed by atoms with Crippen LogP contribution in [0.3, 0.4) is 0 Å². The molecule has 1 atom stereocenters. The minimum Gasteiger partial charge on any atom is -0.356 e. The summed E-state index contributed by atoms with van der Waals surface area (Å²) in [5, 5.41) is 2.97. The lowest BCUT2D eigenvalue weighted by atomic mass is 9.92. The number of carbonyl (C=O) groups is 2. The summed E-state index contributed by atoms with van der Waals surface area (Å²) in [5.74, 6) is 0.473. The number of nitrogens with one attached hydrogen (secondary N) is 1. The number of hydrogen-bond donors (Lipinski definition) is 1. The first-order valence-corrected chi connectivity index (χ1v) is 7.92. The van der Waals surface area contributed by atoms with Gasteiger partial charge in [0, 0.05) is 38.4 Å². The minimum absolute atomic E-state index is 0.00504. The minimum atomic E-state index is -0.00504. The van der Waals surface area contributed by atoms with Crippen LogP contribution in [-0.2, 0) is 16.1 Å². The van der Waals surface area contributed by atoms with Crippen molar-refractivity contribution in [1.82, 2.24) is 10.2 Å². The normalized spacial score (nSPS) is 18.6. The van der Waals surface area contributed by atoms with E-state index in [1.165, 1.54) is 0 Å². The van der Waals surface area contributed by atoms with Gasteiger partial charge in [-0.1, -0.05) is 51.1 Å². The molecule has 120 valence electrons. The first-order chi connectivity index (χ1) is 10.3. The van der Waals surface area contributed by atoms with Crippen molar-refractivity contribution in [3.63, 3.8) is 0 Å². The van der Waals surface area contributed by atoms with Crippen molar-refractivity contribution in [2.24, 2.45) is 11.3 Å². The number of nitrogens with zero attached hydrogens (tertiary/aromatic N) is 1. The van der Waals surface area contributed by atoms with E-state index in [0.29, 0.717) is 25.9 Å². The largest absolute Gasteiger partial charge is 0.356 e. The summed E-state index contributed by atoms with van der Waals surface area (Å²) in [6.45, 7) is 8.12. The van der Waals surface area contributed by atoms with Crippen molar-refractivity contribution >= 4 is 11.8 Å². The van der Waals surface area contributed by atoms with E-state index < -0.39 is 0 Å². The predicted octanol–water partition coefficient (Wildman–Crippen LogP) is 2.59. The number of likely N-dealkylation sites (tertiary alicyclic amines) is 1. The molecule has 1 aromatic carbocycles. The summed E-state index contributed by atoms with van der Waals surface area (Å²) in [4.78, 5) is 25.8. The number of rotatable bonds is 5. The first-order valence-electron chi connectivity index (χ1n) is 7.92. The molecule has 2 rings (SSSR count). The Kier molecular flexibility index (Phi) is 5.22. The van der Waals surface area contributed by atoms with Gasteiger partial charge in [0.2, 0.25) is 11.8 Å². The third kappa shape index (κ3) is 5.17. The fourth-order valence-corrected chi connectivity index (χ4v) is 2.75. The fourth-order valence-electron chi connectivity index (χ4n) is 2.75. The van der Waals surface area contributed by atoms with Crippen LogP contribution in [0.15, 0.2) is 30.3 Å². The average Bonchev–Trinajstić information content (AvgIpc) is 2.76. The molecule has 1 N–H and O–H groups in total. The highest BCUT2D eigenvalue weighted by Crippen LogP contribution is 2.21. The van der Waals surface area contributed by atoms with E-state index in [0.717, 1.165) is 12.1 Å². The lowest BCUT2D eigenvalue weighted by Crippen LogP contribution is -2.33.